The van der Waals surface area contributed by atoms with Crippen molar-refractivity contribution < 1.29 is 28.5 Å². The Kier molecular flexibility index (Phi) is 4.65. The number of fused-ring (bicyclic) bond motifs is 3. The maximum absolute atomic E-state index is 13.1. The van der Waals surface area contributed by atoms with Gasteiger partial charge in [-0.05, 0) is 43.7 Å². The zero-order valence-electron chi connectivity index (χ0n) is 17.2. The molecule has 6 heteroatoms. The molecule has 0 fully saturated rings. The highest BCUT2D eigenvalue weighted by Crippen LogP contribution is 2.49. The van der Waals surface area contributed by atoms with Gasteiger partial charge in [-0.25, -0.2) is 0 Å². The van der Waals surface area contributed by atoms with E-state index in [4.69, 9.17) is 23.7 Å². The number of benzene rings is 2. The van der Waals surface area contributed by atoms with Gasteiger partial charge in [-0.1, -0.05) is 6.07 Å². The first kappa shape index (κ1) is 19.2. The van der Waals surface area contributed by atoms with Crippen LogP contribution in [0.25, 0.3) is 6.08 Å². The van der Waals surface area contributed by atoms with E-state index in [1.54, 1.807) is 27.4 Å². The predicted octanol–water partition coefficient (Wildman–Crippen LogP) is 4.60. The van der Waals surface area contributed by atoms with E-state index >= 15 is 0 Å². The number of carbonyl (C=O) groups is 1. The minimum absolute atomic E-state index is 0.0380. The van der Waals surface area contributed by atoms with Crippen molar-refractivity contribution in [2.75, 3.05) is 21.3 Å². The highest BCUT2D eigenvalue weighted by molar-refractivity contribution is 6.04. The van der Waals surface area contributed by atoms with Gasteiger partial charge >= 0.3 is 0 Å². The molecular formula is C23H24O6. The first-order valence-corrected chi connectivity index (χ1v) is 9.42. The van der Waals surface area contributed by atoms with Crippen LogP contribution in [0.3, 0.4) is 0 Å². The van der Waals surface area contributed by atoms with E-state index in [1.807, 2.05) is 44.2 Å². The van der Waals surface area contributed by atoms with E-state index in [0.29, 0.717) is 34.3 Å². The van der Waals surface area contributed by atoms with Crippen molar-refractivity contribution in [3.63, 3.8) is 0 Å². The number of ketones is 1. The fraction of sp³-hybridized carbons (Fsp3) is 0.348. The summed E-state index contributed by atoms with van der Waals surface area (Å²) in [6.07, 6.45) is 3.65. The smallest absolute Gasteiger partial charge is 0.174 e. The molecule has 0 saturated heterocycles. The second kappa shape index (κ2) is 7.03. The molecule has 2 aromatic carbocycles. The van der Waals surface area contributed by atoms with Crippen molar-refractivity contribution in [2.45, 2.75) is 32.0 Å². The van der Waals surface area contributed by atoms with Crippen LogP contribution in [0.15, 0.2) is 30.3 Å². The van der Waals surface area contributed by atoms with Gasteiger partial charge in [0.2, 0.25) is 0 Å². The molecule has 2 aliphatic rings. The number of Topliss-reactive ketones (excluding diaryl/α,β-unsaturated/α-hetero) is 1. The summed E-state index contributed by atoms with van der Waals surface area (Å²) >= 11 is 0. The molecule has 0 unspecified atom stereocenters. The third-order valence-electron chi connectivity index (χ3n) is 5.18. The molecule has 4 rings (SSSR count). The molecule has 0 aromatic heterocycles. The second-order valence-corrected chi connectivity index (χ2v) is 7.58. The molecular weight excluding hydrogens is 372 g/mol. The summed E-state index contributed by atoms with van der Waals surface area (Å²) < 4.78 is 28.6. The Labute approximate surface area is 170 Å². The fourth-order valence-electron chi connectivity index (χ4n) is 3.71. The van der Waals surface area contributed by atoms with Crippen LogP contribution in [0.1, 0.15) is 47.9 Å². The molecule has 0 aliphatic carbocycles. The van der Waals surface area contributed by atoms with Crippen molar-refractivity contribution in [1.29, 1.82) is 0 Å². The molecule has 1 atom stereocenters. The lowest BCUT2D eigenvalue weighted by molar-refractivity contribution is 0.0840. The molecule has 6 nitrogen and oxygen atoms in total. The summed E-state index contributed by atoms with van der Waals surface area (Å²) in [5, 5.41) is 0. The van der Waals surface area contributed by atoms with Crippen LogP contribution < -0.4 is 23.7 Å². The van der Waals surface area contributed by atoms with E-state index in [2.05, 4.69) is 0 Å². The minimum atomic E-state index is -0.451. The van der Waals surface area contributed by atoms with Gasteiger partial charge < -0.3 is 23.7 Å². The third-order valence-corrected chi connectivity index (χ3v) is 5.18. The number of rotatable bonds is 4. The van der Waals surface area contributed by atoms with E-state index in [9.17, 15) is 4.79 Å². The van der Waals surface area contributed by atoms with Crippen molar-refractivity contribution in [3.05, 3.63) is 47.0 Å². The third kappa shape index (κ3) is 3.28. The zero-order valence-corrected chi connectivity index (χ0v) is 17.2. The summed E-state index contributed by atoms with van der Waals surface area (Å²) in [5.41, 5.74) is 1.59. The van der Waals surface area contributed by atoms with Gasteiger partial charge in [0.1, 0.15) is 34.5 Å². The average molecular weight is 396 g/mol. The number of ether oxygens (including phenoxy) is 5. The topological polar surface area (TPSA) is 63.2 Å². The normalized spacial score (nSPS) is 18.8. The van der Waals surface area contributed by atoms with E-state index in [-0.39, 0.29) is 12.2 Å². The van der Waals surface area contributed by atoms with Gasteiger partial charge in [0, 0.05) is 6.07 Å². The molecule has 0 bridgehead atoms. The lowest BCUT2D eigenvalue weighted by Crippen LogP contribution is -2.29. The van der Waals surface area contributed by atoms with Crippen LogP contribution in [-0.4, -0.2) is 32.7 Å². The second-order valence-electron chi connectivity index (χ2n) is 7.58. The Hall–Kier alpha value is -3.15. The van der Waals surface area contributed by atoms with Crippen LogP contribution in [-0.2, 0) is 0 Å². The quantitative estimate of drug-likeness (QED) is 0.752. The van der Waals surface area contributed by atoms with Crippen LogP contribution in [0.4, 0.5) is 0 Å². The first-order valence-electron chi connectivity index (χ1n) is 9.42. The summed E-state index contributed by atoms with van der Waals surface area (Å²) in [4.78, 5) is 13.1. The highest BCUT2D eigenvalue weighted by Gasteiger charge is 2.36. The van der Waals surface area contributed by atoms with Crippen LogP contribution in [0.2, 0.25) is 0 Å². The number of methoxy groups -OCH3 is 3. The van der Waals surface area contributed by atoms with Gasteiger partial charge in [-0.15, -0.1) is 0 Å². The summed E-state index contributed by atoms with van der Waals surface area (Å²) in [5.74, 6) is 2.75. The molecule has 29 heavy (non-hydrogen) atoms. The molecule has 2 aliphatic heterocycles. The largest absolute Gasteiger partial charge is 0.496 e. The van der Waals surface area contributed by atoms with Gasteiger partial charge in [-0.2, -0.15) is 0 Å². The van der Waals surface area contributed by atoms with Crippen LogP contribution in [0.5, 0.6) is 28.7 Å². The van der Waals surface area contributed by atoms with Crippen molar-refractivity contribution in [1.82, 2.24) is 0 Å². The Morgan fingerprint density at radius 3 is 2.41 bits per heavy atom. The first-order chi connectivity index (χ1) is 13.9. The molecule has 0 amide bonds. The molecule has 0 spiro atoms. The number of hydrogen-bond donors (Lipinski definition) is 0. The van der Waals surface area contributed by atoms with Gasteiger partial charge in [-0.3, -0.25) is 4.79 Å². The highest BCUT2D eigenvalue weighted by atomic mass is 16.5. The Balaban J connectivity index is 1.80. The predicted molar refractivity (Wildman–Crippen MR) is 109 cm³/mol. The summed E-state index contributed by atoms with van der Waals surface area (Å²) in [7, 11) is 4.70. The average Bonchev–Trinajstić information content (AvgIpc) is 2.71. The minimum Gasteiger partial charge on any atom is -0.496 e. The number of hydrogen-bond acceptors (Lipinski definition) is 6. The van der Waals surface area contributed by atoms with Crippen molar-refractivity contribution in [3.8, 4) is 28.7 Å². The maximum Gasteiger partial charge on any atom is 0.174 e. The maximum atomic E-state index is 13.1. The fourth-order valence-corrected chi connectivity index (χ4v) is 3.71. The number of carbonyl (C=O) groups excluding carboxylic acids is 1. The Morgan fingerprint density at radius 1 is 1.00 bits per heavy atom. The monoisotopic (exact) mass is 396 g/mol. The van der Waals surface area contributed by atoms with E-state index in [1.165, 1.54) is 0 Å². The molecule has 0 radical (unpaired) electrons. The SMILES string of the molecule is COc1ccc([C@@H]2CC(=O)c3c(OC)cc4c(c3O2)C=CC(C)(C)O4)cc1OC. The van der Waals surface area contributed by atoms with Crippen molar-refractivity contribution in [2.24, 2.45) is 0 Å². The Morgan fingerprint density at radius 2 is 1.72 bits per heavy atom. The zero-order chi connectivity index (χ0) is 20.8. The van der Waals surface area contributed by atoms with Gasteiger partial charge in [0.15, 0.2) is 17.3 Å². The summed E-state index contributed by atoms with van der Waals surface area (Å²) in [6.45, 7) is 3.94. The molecule has 152 valence electrons. The standard InChI is InChI=1S/C23H24O6/c1-23(2)9-8-14-18(29-23)12-20(27-5)21-15(24)11-17(28-22(14)21)13-6-7-16(25-3)19(10-13)26-4/h6-10,12,17H,11H2,1-5H3/t17-/m0/s1. The van der Waals surface area contributed by atoms with Gasteiger partial charge in [0.25, 0.3) is 0 Å². The van der Waals surface area contributed by atoms with Gasteiger partial charge in [0.05, 0.1) is 33.3 Å². The lowest BCUT2D eigenvalue weighted by atomic mass is 9.91. The van der Waals surface area contributed by atoms with Crippen LogP contribution >= 0.6 is 0 Å². The van der Waals surface area contributed by atoms with Crippen LogP contribution in [0, 0.1) is 0 Å². The van der Waals surface area contributed by atoms with Crippen molar-refractivity contribution >= 4 is 11.9 Å². The summed E-state index contributed by atoms with van der Waals surface area (Å²) in [6, 6.07) is 7.29. The van der Waals surface area contributed by atoms with E-state index in [0.717, 1.165) is 11.1 Å². The van der Waals surface area contributed by atoms with E-state index < -0.39 is 11.7 Å². The Bertz CT molecular complexity index is 1000. The molecule has 2 aromatic rings. The lowest BCUT2D eigenvalue weighted by Gasteiger charge is -2.33. The molecule has 0 saturated carbocycles. The molecule has 0 N–H and O–H groups in total. The molecule has 2 heterocycles.